The molecule has 2 aromatic carbocycles. The molecule has 1 aliphatic rings. The predicted octanol–water partition coefficient (Wildman–Crippen LogP) is 4.52. The van der Waals surface area contributed by atoms with E-state index in [1.807, 2.05) is 6.07 Å². The molecule has 9 heteroatoms. The van der Waals surface area contributed by atoms with Crippen LogP contribution in [0.1, 0.15) is 36.2 Å². The molecule has 1 N–H and O–H groups in total. The summed E-state index contributed by atoms with van der Waals surface area (Å²) in [5.74, 6) is -3.04. The number of rotatable bonds is 5. The maximum atomic E-state index is 13.5. The van der Waals surface area contributed by atoms with Crippen molar-refractivity contribution >= 4 is 32.3 Å². The lowest BCUT2D eigenvalue weighted by Crippen LogP contribution is -2.28. The van der Waals surface area contributed by atoms with Gasteiger partial charge in [0.25, 0.3) is 5.91 Å². The largest absolute Gasteiger partial charge is 0.321 e. The van der Waals surface area contributed by atoms with Crippen LogP contribution in [0.15, 0.2) is 53.4 Å². The molecule has 31 heavy (non-hydrogen) atoms. The highest BCUT2D eigenvalue weighted by Crippen LogP contribution is 2.37. The van der Waals surface area contributed by atoms with Crippen molar-refractivity contribution in [2.24, 2.45) is 5.92 Å². The number of fused-ring (bicyclic) bond motifs is 1. The summed E-state index contributed by atoms with van der Waals surface area (Å²) in [6, 6.07) is 13.2. The zero-order valence-corrected chi connectivity index (χ0v) is 17.8. The van der Waals surface area contributed by atoms with Gasteiger partial charge in [0.15, 0.2) is 9.84 Å². The molecule has 1 saturated carbocycles. The molecule has 0 atom stereocenters. The summed E-state index contributed by atoms with van der Waals surface area (Å²) in [4.78, 5) is 13.3. The lowest BCUT2D eigenvalue weighted by atomic mass is 9.87. The van der Waals surface area contributed by atoms with Crippen LogP contribution in [0.3, 0.4) is 0 Å². The molecule has 4 rings (SSSR count). The third kappa shape index (κ3) is 4.76. The number of hydrogen-bond acceptors (Lipinski definition) is 4. The number of carbonyl (C=O) groups is 1. The van der Waals surface area contributed by atoms with Crippen LogP contribution in [0.5, 0.6) is 0 Å². The highest BCUT2D eigenvalue weighted by molar-refractivity contribution is 7.90. The van der Waals surface area contributed by atoms with E-state index in [-0.39, 0.29) is 23.7 Å². The molecule has 164 valence electrons. The molecule has 1 aromatic heterocycles. The van der Waals surface area contributed by atoms with Crippen molar-refractivity contribution in [3.8, 4) is 0 Å². The average molecular weight is 448 g/mol. The van der Waals surface area contributed by atoms with Crippen molar-refractivity contribution in [3.63, 3.8) is 0 Å². The number of carbonyl (C=O) groups excluding carboxylic acids is 1. The smallest absolute Gasteiger partial charge is 0.274 e. The molecule has 6 nitrogen and oxygen atoms in total. The predicted molar refractivity (Wildman–Crippen MR) is 114 cm³/mol. The molecule has 0 aliphatic heterocycles. The fraction of sp³-hybridized carbons (Fsp3) is 0.364. The van der Waals surface area contributed by atoms with Gasteiger partial charge in [0.1, 0.15) is 5.69 Å². The zero-order valence-electron chi connectivity index (χ0n) is 17.0. The van der Waals surface area contributed by atoms with Crippen molar-refractivity contribution in [2.75, 3.05) is 11.6 Å². The molecular weight excluding hydrogens is 424 g/mol. The molecule has 1 aliphatic carbocycles. The fourth-order valence-electron chi connectivity index (χ4n) is 3.97. The molecule has 0 bridgehead atoms. The molecule has 1 amide bonds. The summed E-state index contributed by atoms with van der Waals surface area (Å²) in [6.45, 7) is 0.372. The van der Waals surface area contributed by atoms with Gasteiger partial charge in [0.05, 0.1) is 10.4 Å². The summed E-state index contributed by atoms with van der Waals surface area (Å²) in [5.41, 5.74) is 1.32. The normalized spacial score (nSPS) is 17.0. The van der Waals surface area contributed by atoms with Crippen LogP contribution < -0.4 is 5.32 Å². The first kappa shape index (κ1) is 21.4. The molecule has 0 unspecified atom stereocenters. The quantitative estimate of drug-likeness (QED) is 0.624. The van der Waals surface area contributed by atoms with Gasteiger partial charge in [-0.2, -0.15) is 5.10 Å². The maximum Gasteiger partial charge on any atom is 0.274 e. The summed E-state index contributed by atoms with van der Waals surface area (Å²) in [5, 5.41) is 7.94. The van der Waals surface area contributed by atoms with Gasteiger partial charge >= 0.3 is 0 Å². The number of amides is 1. The summed E-state index contributed by atoms with van der Waals surface area (Å²) in [6.07, 6.45) is 1.54. The summed E-state index contributed by atoms with van der Waals surface area (Å²) >= 11 is 0. The highest BCUT2D eigenvalue weighted by Gasteiger charge is 2.35. The van der Waals surface area contributed by atoms with Crippen molar-refractivity contribution < 1.29 is 22.0 Å². The Morgan fingerprint density at radius 2 is 1.87 bits per heavy atom. The first-order valence-corrected chi connectivity index (χ1v) is 12.0. The number of hydrogen-bond donors (Lipinski definition) is 1. The Morgan fingerprint density at radius 3 is 2.58 bits per heavy atom. The van der Waals surface area contributed by atoms with E-state index in [1.54, 1.807) is 35.0 Å². The lowest BCUT2D eigenvalue weighted by molar-refractivity contribution is -0.0476. The molecule has 1 fully saturated rings. The standard InChI is InChI=1S/C22H23F2N3O3S/c1-31(29,30)17-6-4-5-16(13-17)25-21(28)20-18-7-2-3-8-19(18)26-27(20)14-15-9-11-22(23,24)12-10-15/h2-8,13,15H,9-12,14H2,1H3,(H,25,28). The van der Waals surface area contributed by atoms with Gasteiger partial charge < -0.3 is 5.32 Å². The van der Waals surface area contributed by atoms with Crippen molar-refractivity contribution in [1.29, 1.82) is 0 Å². The number of anilines is 1. The van der Waals surface area contributed by atoms with Crippen LogP contribution >= 0.6 is 0 Å². The molecule has 0 spiro atoms. The molecule has 3 aromatic rings. The van der Waals surface area contributed by atoms with Gasteiger partial charge in [0.2, 0.25) is 5.92 Å². The third-order valence-electron chi connectivity index (χ3n) is 5.65. The Morgan fingerprint density at radius 1 is 1.16 bits per heavy atom. The van der Waals surface area contributed by atoms with E-state index in [1.165, 1.54) is 12.1 Å². The minimum Gasteiger partial charge on any atom is -0.321 e. The van der Waals surface area contributed by atoms with E-state index in [0.29, 0.717) is 41.7 Å². The van der Waals surface area contributed by atoms with Crippen molar-refractivity contribution in [1.82, 2.24) is 9.78 Å². The second kappa shape index (κ2) is 8.03. The number of nitrogens with zero attached hydrogens (tertiary/aromatic N) is 2. The minimum absolute atomic E-state index is 0.00838. The average Bonchev–Trinajstić information content (AvgIpc) is 3.07. The molecular formula is C22H23F2N3O3S. The highest BCUT2D eigenvalue weighted by atomic mass is 32.2. The van der Waals surface area contributed by atoms with Gasteiger partial charge in [-0.05, 0) is 43.0 Å². The van der Waals surface area contributed by atoms with Crippen molar-refractivity contribution in [3.05, 3.63) is 54.2 Å². The first-order chi connectivity index (χ1) is 14.6. The Balaban J connectivity index is 1.63. The monoisotopic (exact) mass is 447 g/mol. The van der Waals surface area contributed by atoms with Gasteiger partial charge in [-0.25, -0.2) is 17.2 Å². The second-order valence-electron chi connectivity index (χ2n) is 8.10. The maximum absolute atomic E-state index is 13.5. The number of halogens is 2. The number of nitrogens with one attached hydrogen (secondary N) is 1. The number of alkyl halides is 2. The van der Waals surface area contributed by atoms with Crippen LogP contribution in [0.2, 0.25) is 0 Å². The lowest BCUT2D eigenvalue weighted by Gasteiger charge is -2.28. The van der Waals surface area contributed by atoms with Crippen LogP contribution in [0, 0.1) is 5.92 Å². The van der Waals surface area contributed by atoms with Gasteiger partial charge in [0, 0.05) is 36.7 Å². The van der Waals surface area contributed by atoms with Gasteiger partial charge in [-0.3, -0.25) is 9.48 Å². The minimum atomic E-state index is -3.42. The van der Waals surface area contributed by atoms with E-state index >= 15 is 0 Å². The Kier molecular flexibility index (Phi) is 5.55. The van der Waals surface area contributed by atoms with Crippen LogP contribution in [0.4, 0.5) is 14.5 Å². The van der Waals surface area contributed by atoms with Crippen LogP contribution in [-0.4, -0.2) is 36.3 Å². The molecule has 1 heterocycles. The zero-order chi connectivity index (χ0) is 22.2. The van der Waals surface area contributed by atoms with E-state index in [2.05, 4.69) is 10.4 Å². The first-order valence-electron chi connectivity index (χ1n) is 10.1. The number of aromatic nitrogens is 2. The third-order valence-corrected chi connectivity index (χ3v) is 6.76. The Labute approximate surface area is 179 Å². The van der Waals surface area contributed by atoms with Gasteiger partial charge in [-0.1, -0.05) is 24.3 Å². The SMILES string of the molecule is CS(=O)(=O)c1cccc(NC(=O)c2c3ccccc3nn2CC2CCC(F)(F)CC2)c1. The summed E-state index contributed by atoms with van der Waals surface area (Å²) in [7, 11) is -3.42. The fourth-order valence-corrected chi connectivity index (χ4v) is 4.64. The van der Waals surface area contributed by atoms with Gasteiger partial charge in [-0.15, -0.1) is 0 Å². The molecule has 0 saturated heterocycles. The van der Waals surface area contributed by atoms with Crippen molar-refractivity contribution in [2.45, 2.75) is 43.0 Å². The molecule has 0 radical (unpaired) electrons. The van der Waals surface area contributed by atoms with E-state index in [9.17, 15) is 22.0 Å². The Hall–Kier alpha value is -2.81. The van der Waals surface area contributed by atoms with Crippen LogP contribution in [-0.2, 0) is 16.4 Å². The van der Waals surface area contributed by atoms with Crippen LogP contribution in [0.25, 0.3) is 10.9 Å². The number of benzene rings is 2. The Bertz CT molecular complexity index is 1230. The van der Waals surface area contributed by atoms with E-state index in [0.717, 1.165) is 6.26 Å². The topological polar surface area (TPSA) is 81.1 Å². The second-order valence-corrected chi connectivity index (χ2v) is 10.1. The van der Waals surface area contributed by atoms with E-state index < -0.39 is 21.7 Å². The van der Waals surface area contributed by atoms with E-state index in [4.69, 9.17) is 0 Å². The number of sulfone groups is 1. The summed E-state index contributed by atoms with van der Waals surface area (Å²) < 4.78 is 52.3.